The van der Waals surface area contributed by atoms with Crippen LogP contribution in [-0.4, -0.2) is 41.0 Å². The fraction of sp³-hybridized carbons (Fsp3) is 0.529. The molecule has 0 aliphatic heterocycles. The van der Waals surface area contributed by atoms with E-state index >= 15 is 0 Å². The Bertz CT molecular complexity index is 800. The van der Waals surface area contributed by atoms with Crippen molar-refractivity contribution in [2.24, 2.45) is 0 Å². The first-order valence-corrected chi connectivity index (χ1v) is 9.43. The van der Waals surface area contributed by atoms with Crippen molar-refractivity contribution < 1.29 is 9.84 Å². The summed E-state index contributed by atoms with van der Waals surface area (Å²) in [5.41, 5.74) is 5.16. The van der Waals surface area contributed by atoms with Crippen molar-refractivity contribution in [3.8, 4) is 0 Å². The van der Waals surface area contributed by atoms with Crippen LogP contribution in [0.25, 0.3) is 0 Å². The molecular weight excluding hydrogens is 356 g/mol. The van der Waals surface area contributed by atoms with Gasteiger partial charge >= 0.3 is 5.69 Å². The number of rotatable bonds is 10. The highest BCUT2D eigenvalue weighted by atomic mass is 32.1. The molecule has 4 N–H and O–H groups in total. The SMILES string of the molecule is CCCCn1c(N)c(N(C)CC(O)COCc2cccs2)c(=O)[nH]c1=O. The Morgan fingerprint density at radius 1 is 1.46 bits per heavy atom. The van der Waals surface area contributed by atoms with Gasteiger partial charge in [0.25, 0.3) is 5.56 Å². The maximum atomic E-state index is 12.2. The number of ether oxygens (including phenoxy) is 1. The largest absolute Gasteiger partial charge is 0.389 e. The first-order chi connectivity index (χ1) is 12.4. The molecular formula is C17H26N4O4S. The molecule has 0 bridgehead atoms. The lowest BCUT2D eigenvalue weighted by atomic mass is 10.3. The predicted molar refractivity (Wildman–Crippen MR) is 104 cm³/mol. The van der Waals surface area contributed by atoms with E-state index in [4.69, 9.17) is 10.5 Å². The number of aliphatic hydroxyl groups is 1. The highest BCUT2D eigenvalue weighted by Gasteiger charge is 2.18. The van der Waals surface area contributed by atoms with Gasteiger partial charge in [-0.05, 0) is 17.9 Å². The Morgan fingerprint density at radius 2 is 2.23 bits per heavy atom. The summed E-state index contributed by atoms with van der Waals surface area (Å²) in [6.45, 7) is 3.17. The maximum absolute atomic E-state index is 12.2. The van der Waals surface area contributed by atoms with Crippen LogP contribution in [0.2, 0.25) is 0 Å². The Balaban J connectivity index is 2.02. The van der Waals surface area contributed by atoms with E-state index in [9.17, 15) is 14.7 Å². The zero-order valence-electron chi connectivity index (χ0n) is 15.1. The number of aliphatic hydroxyl groups excluding tert-OH is 1. The number of thiophene rings is 1. The van der Waals surface area contributed by atoms with Crippen LogP contribution < -0.4 is 21.9 Å². The third kappa shape index (κ3) is 5.20. The van der Waals surface area contributed by atoms with Crippen molar-refractivity contribution in [2.75, 3.05) is 30.8 Å². The zero-order chi connectivity index (χ0) is 19.1. The van der Waals surface area contributed by atoms with Crippen molar-refractivity contribution in [3.05, 3.63) is 43.2 Å². The molecule has 0 aliphatic carbocycles. The summed E-state index contributed by atoms with van der Waals surface area (Å²) in [5, 5.41) is 12.1. The van der Waals surface area contributed by atoms with Crippen LogP contribution in [-0.2, 0) is 17.9 Å². The normalized spacial score (nSPS) is 12.3. The van der Waals surface area contributed by atoms with Crippen LogP contribution >= 0.6 is 11.3 Å². The van der Waals surface area contributed by atoms with Gasteiger partial charge in [0.1, 0.15) is 11.5 Å². The summed E-state index contributed by atoms with van der Waals surface area (Å²) in [4.78, 5) is 29.1. The first kappa shape index (κ1) is 20.2. The zero-order valence-corrected chi connectivity index (χ0v) is 15.9. The molecule has 0 aliphatic rings. The summed E-state index contributed by atoms with van der Waals surface area (Å²) in [6, 6.07) is 3.90. The molecule has 0 fully saturated rings. The molecule has 26 heavy (non-hydrogen) atoms. The average Bonchev–Trinajstić information content (AvgIpc) is 3.07. The van der Waals surface area contributed by atoms with Crippen LogP contribution in [0.5, 0.6) is 0 Å². The average molecular weight is 382 g/mol. The lowest BCUT2D eigenvalue weighted by Gasteiger charge is -2.24. The van der Waals surface area contributed by atoms with Gasteiger partial charge in [0.2, 0.25) is 0 Å². The van der Waals surface area contributed by atoms with Crippen LogP contribution in [0, 0.1) is 0 Å². The van der Waals surface area contributed by atoms with E-state index in [1.54, 1.807) is 23.3 Å². The van der Waals surface area contributed by atoms with E-state index in [-0.39, 0.29) is 24.7 Å². The van der Waals surface area contributed by atoms with Gasteiger partial charge in [0, 0.05) is 25.0 Å². The third-order valence-electron chi connectivity index (χ3n) is 3.95. The number of nitrogens with zero attached hydrogens (tertiary/aromatic N) is 2. The standard InChI is InChI=1S/C17H26N4O4S/c1-3-4-7-21-15(18)14(16(23)19-17(21)24)20(2)9-12(22)10-25-11-13-6-5-8-26-13/h5-6,8,12,22H,3-4,7,9-11,18H2,1-2H3,(H,19,23,24). The van der Waals surface area contributed by atoms with Crippen molar-refractivity contribution in [1.82, 2.24) is 9.55 Å². The summed E-state index contributed by atoms with van der Waals surface area (Å²) in [7, 11) is 1.65. The van der Waals surface area contributed by atoms with E-state index < -0.39 is 17.4 Å². The summed E-state index contributed by atoms with van der Waals surface area (Å²) in [6.07, 6.45) is 0.879. The molecule has 0 aromatic carbocycles. The Hall–Kier alpha value is -2.10. The highest BCUT2D eigenvalue weighted by Crippen LogP contribution is 2.16. The summed E-state index contributed by atoms with van der Waals surface area (Å²) in [5.74, 6) is 0.112. The van der Waals surface area contributed by atoms with Gasteiger partial charge in [-0.1, -0.05) is 19.4 Å². The highest BCUT2D eigenvalue weighted by molar-refractivity contribution is 7.09. The van der Waals surface area contributed by atoms with Crippen LogP contribution in [0.1, 0.15) is 24.6 Å². The van der Waals surface area contributed by atoms with Crippen molar-refractivity contribution >= 4 is 22.8 Å². The number of aromatic amines is 1. The molecule has 9 heteroatoms. The Kier molecular flexibility index (Phi) is 7.43. The number of hydrogen-bond donors (Lipinski definition) is 3. The second-order valence-electron chi connectivity index (χ2n) is 6.13. The number of nitrogen functional groups attached to an aromatic ring is 1. The first-order valence-electron chi connectivity index (χ1n) is 8.56. The van der Waals surface area contributed by atoms with E-state index in [1.807, 2.05) is 24.4 Å². The number of hydrogen-bond acceptors (Lipinski definition) is 7. The molecule has 0 radical (unpaired) electrons. The minimum absolute atomic E-state index is 0.112. The number of H-pyrrole nitrogens is 1. The second-order valence-corrected chi connectivity index (χ2v) is 7.16. The van der Waals surface area contributed by atoms with E-state index in [2.05, 4.69) is 4.98 Å². The van der Waals surface area contributed by atoms with Gasteiger partial charge in [-0.15, -0.1) is 11.3 Å². The van der Waals surface area contributed by atoms with Gasteiger partial charge < -0.3 is 20.5 Å². The number of unbranched alkanes of at least 4 members (excludes halogenated alkanes) is 1. The molecule has 2 heterocycles. The Morgan fingerprint density at radius 3 is 2.88 bits per heavy atom. The molecule has 1 atom stereocenters. The van der Waals surface area contributed by atoms with Crippen molar-refractivity contribution in [2.45, 2.75) is 39.0 Å². The third-order valence-corrected chi connectivity index (χ3v) is 4.80. The molecule has 0 spiro atoms. The molecule has 0 saturated carbocycles. The van der Waals surface area contributed by atoms with Crippen molar-refractivity contribution in [1.29, 1.82) is 0 Å². The fourth-order valence-corrected chi connectivity index (χ4v) is 3.28. The fourth-order valence-electron chi connectivity index (χ4n) is 2.63. The van der Waals surface area contributed by atoms with Crippen LogP contribution in [0.3, 0.4) is 0 Å². The molecule has 2 aromatic heterocycles. The summed E-state index contributed by atoms with van der Waals surface area (Å²) >= 11 is 1.59. The van der Waals surface area contributed by atoms with Crippen molar-refractivity contribution in [3.63, 3.8) is 0 Å². The number of aromatic nitrogens is 2. The van der Waals surface area contributed by atoms with Crippen LogP contribution in [0.4, 0.5) is 11.5 Å². The monoisotopic (exact) mass is 382 g/mol. The number of nitrogens with one attached hydrogen (secondary N) is 1. The number of nitrogens with two attached hydrogens (primary N) is 1. The van der Waals surface area contributed by atoms with Gasteiger partial charge in [-0.3, -0.25) is 14.3 Å². The van der Waals surface area contributed by atoms with E-state index in [0.717, 1.165) is 17.7 Å². The number of likely N-dealkylation sites (N-methyl/N-ethyl adjacent to an activating group) is 1. The quantitative estimate of drug-likeness (QED) is 0.565. The molecule has 8 nitrogen and oxygen atoms in total. The van der Waals surface area contributed by atoms with E-state index in [0.29, 0.717) is 13.2 Å². The van der Waals surface area contributed by atoms with Gasteiger partial charge in [-0.2, -0.15) is 0 Å². The molecule has 2 aromatic rings. The molecule has 0 saturated heterocycles. The summed E-state index contributed by atoms with van der Waals surface area (Å²) < 4.78 is 6.85. The molecule has 2 rings (SSSR count). The predicted octanol–water partition coefficient (Wildman–Crippen LogP) is 0.994. The molecule has 0 amide bonds. The minimum atomic E-state index is -0.796. The molecule has 1 unspecified atom stereocenters. The van der Waals surface area contributed by atoms with E-state index in [1.165, 1.54) is 4.57 Å². The maximum Gasteiger partial charge on any atom is 0.330 e. The van der Waals surface area contributed by atoms with Gasteiger partial charge in [0.15, 0.2) is 0 Å². The topological polar surface area (TPSA) is 114 Å². The smallest absolute Gasteiger partial charge is 0.330 e. The second kappa shape index (κ2) is 9.56. The molecule has 144 valence electrons. The lowest BCUT2D eigenvalue weighted by Crippen LogP contribution is -2.40. The van der Waals surface area contributed by atoms with Crippen LogP contribution in [0.15, 0.2) is 27.1 Å². The Labute approximate surface area is 155 Å². The number of anilines is 2. The lowest BCUT2D eigenvalue weighted by molar-refractivity contribution is 0.0334. The van der Waals surface area contributed by atoms with Gasteiger partial charge in [-0.25, -0.2) is 4.79 Å². The van der Waals surface area contributed by atoms with Gasteiger partial charge in [0.05, 0.1) is 19.3 Å². The minimum Gasteiger partial charge on any atom is -0.389 e.